The van der Waals surface area contributed by atoms with Crippen LogP contribution < -0.4 is 20.1 Å². The monoisotopic (exact) mass is 509 g/mol. The molecule has 37 heavy (non-hydrogen) atoms. The first kappa shape index (κ1) is 24.8. The second kappa shape index (κ2) is 8.32. The first-order chi connectivity index (χ1) is 17.4. The molecule has 1 aliphatic carbocycles. The standard InChI is InChI=1S/C26H31N5O6/c1-23(2,3)37-22(33)30-21-31-26(14-35-21)17-11-15(29-20(32)19-27-12-16(34-6)13-28-19)7-8-18(17)36-24(4,5)25(26)9-10-25/h7-8,11-13H,9-10,14H2,1-6H3,(H,29,32)(H,30,31,33)/t26-/m0/s1. The molecule has 11 nitrogen and oxygen atoms in total. The molecule has 1 aromatic heterocycles. The van der Waals surface area contributed by atoms with Gasteiger partial charge in [0.05, 0.1) is 19.5 Å². The number of aromatic nitrogens is 2. The van der Waals surface area contributed by atoms with Crippen molar-refractivity contribution in [1.29, 1.82) is 0 Å². The molecule has 11 heteroatoms. The second-order valence-corrected chi connectivity index (χ2v) is 11.0. The van der Waals surface area contributed by atoms with Crippen molar-refractivity contribution in [3.8, 4) is 11.5 Å². The average Bonchev–Trinajstić information content (AvgIpc) is 3.55. The van der Waals surface area contributed by atoms with Crippen LogP contribution >= 0.6 is 0 Å². The lowest BCUT2D eigenvalue weighted by Crippen LogP contribution is -2.55. The van der Waals surface area contributed by atoms with E-state index in [1.807, 2.05) is 12.1 Å². The lowest BCUT2D eigenvalue weighted by molar-refractivity contribution is -0.0478. The molecule has 3 heterocycles. The first-order valence-electron chi connectivity index (χ1n) is 12.1. The molecular formula is C26H31N5O6. The van der Waals surface area contributed by atoms with Gasteiger partial charge in [0.1, 0.15) is 29.1 Å². The van der Waals surface area contributed by atoms with Gasteiger partial charge in [-0.05, 0) is 65.7 Å². The predicted octanol–water partition coefficient (Wildman–Crippen LogP) is 3.79. The van der Waals surface area contributed by atoms with E-state index in [4.69, 9.17) is 23.9 Å². The van der Waals surface area contributed by atoms with Crippen molar-refractivity contribution >= 4 is 23.7 Å². The highest BCUT2D eigenvalue weighted by molar-refractivity contribution is 6.01. The third kappa shape index (κ3) is 4.21. The largest absolute Gasteiger partial charge is 0.494 e. The molecule has 2 N–H and O–H groups in total. The summed E-state index contributed by atoms with van der Waals surface area (Å²) in [4.78, 5) is 38.3. The van der Waals surface area contributed by atoms with Gasteiger partial charge in [-0.15, -0.1) is 0 Å². The first-order valence-corrected chi connectivity index (χ1v) is 12.1. The summed E-state index contributed by atoms with van der Waals surface area (Å²) in [6.45, 7) is 9.68. The van der Waals surface area contributed by atoms with Crippen LogP contribution in [0.1, 0.15) is 63.6 Å². The summed E-state index contributed by atoms with van der Waals surface area (Å²) in [6, 6.07) is 5.52. The number of anilines is 1. The maximum absolute atomic E-state index is 12.8. The zero-order valence-electron chi connectivity index (χ0n) is 21.8. The minimum Gasteiger partial charge on any atom is -0.494 e. The van der Waals surface area contributed by atoms with Crippen LogP contribution in [0.15, 0.2) is 35.6 Å². The molecule has 0 bridgehead atoms. The third-order valence-corrected chi connectivity index (χ3v) is 7.13. The number of carbonyl (C=O) groups excluding carboxylic acids is 2. The van der Waals surface area contributed by atoms with Crippen molar-refractivity contribution in [2.24, 2.45) is 10.4 Å². The minimum atomic E-state index is -0.814. The molecule has 1 saturated carbocycles. The summed E-state index contributed by atoms with van der Waals surface area (Å²) < 4.78 is 22.8. The fourth-order valence-corrected chi connectivity index (χ4v) is 5.26. The molecule has 196 valence electrons. The van der Waals surface area contributed by atoms with E-state index >= 15 is 0 Å². The molecule has 5 rings (SSSR count). The van der Waals surface area contributed by atoms with Gasteiger partial charge in [0.25, 0.3) is 11.9 Å². The quantitative estimate of drug-likeness (QED) is 0.638. The van der Waals surface area contributed by atoms with Gasteiger partial charge in [-0.3, -0.25) is 4.79 Å². The molecule has 1 fully saturated rings. The lowest BCUT2D eigenvalue weighted by Gasteiger charge is -2.49. The number of carbonyl (C=O) groups is 2. The van der Waals surface area contributed by atoms with E-state index in [-0.39, 0.29) is 23.9 Å². The molecule has 2 aliphatic heterocycles. The molecular weight excluding hydrogens is 478 g/mol. The summed E-state index contributed by atoms with van der Waals surface area (Å²) in [5.74, 6) is 0.646. The van der Waals surface area contributed by atoms with Gasteiger partial charge in [-0.2, -0.15) is 0 Å². The average molecular weight is 510 g/mol. The Morgan fingerprint density at radius 2 is 1.78 bits per heavy atom. The van der Waals surface area contributed by atoms with Gasteiger partial charge >= 0.3 is 6.09 Å². The molecule has 3 aliphatic rings. The van der Waals surface area contributed by atoms with Crippen molar-refractivity contribution in [2.45, 2.75) is 64.2 Å². The van der Waals surface area contributed by atoms with Gasteiger partial charge in [0.2, 0.25) is 5.82 Å². The fraction of sp³-hybridized carbons (Fsp3) is 0.500. The highest BCUT2D eigenvalue weighted by Gasteiger charge is 2.73. The highest BCUT2D eigenvalue weighted by atomic mass is 16.6. The van der Waals surface area contributed by atoms with Crippen LogP contribution in [-0.4, -0.2) is 52.9 Å². The van der Waals surface area contributed by atoms with E-state index in [2.05, 4.69) is 34.4 Å². The summed E-state index contributed by atoms with van der Waals surface area (Å²) in [5.41, 5.74) is -1.04. The van der Waals surface area contributed by atoms with Crippen molar-refractivity contribution in [2.75, 3.05) is 19.0 Å². The number of fused-ring (bicyclic) bond motifs is 3. The van der Waals surface area contributed by atoms with Crippen LogP contribution in [0.2, 0.25) is 0 Å². The molecule has 1 aromatic carbocycles. The molecule has 0 radical (unpaired) electrons. The van der Waals surface area contributed by atoms with Crippen LogP contribution in [-0.2, 0) is 15.0 Å². The molecule has 2 spiro atoms. The normalized spacial score (nSPS) is 22.3. The molecule has 0 unspecified atom stereocenters. The number of ether oxygens (including phenoxy) is 4. The molecule has 2 amide bonds. The number of methoxy groups -OCH3 is 1. The van der Waals surface area contributed by atoms with Crippen LogP contribution in [0.5, 0.6) is 11.5 Å². The van der Waals surface area contributed by atoms with Crippen LogP contribution in [0.4, 0.5) is 10.5 Å². The van der Waals surface area contributed by atoms with Crippen LogP contribution in [0.25, 0.3) is 0 Å². The molecule has 1 atom stereocenters. The van der Waals surface area contributed by atoms with E-state index < -0.39 is 28.7 Å². The van der Waals surface area contributed by atoms with Crippen LogP contribution in [0, 0.1) is 5.41 Å². The molecule has 2 aromatic rings. The van der Waals surface area contributed by atoms with Gasteiger partial charge < -0.3 is 24.3 Å². The second-order valence-electron chi connectivity index (χ2n) is 11.0. The highest BCUT2D eigenvalue weighted by Crippen LogP contribution is 2.71. The number of amidine groups is 1. The Hall–Kier alpha value is -3.89. The summed E-state index contributed by atoms with van der Waals surface area (Å²) in [5, 5.41) is 5.49. The minimum absolute atomic E-state index is 0.00958. The Bertz CT molecular complexity index is 1280. The zero-order valence-corrected chi connectivity index (χ0v) is 21.8. The van der Waals surface area contributed by atoms with E-state index in [9.17, 15) is 9.59 Å². The van der Waals surface area contributed by atoms with Crippen molar-refractivity contribution in [3.05, 3.63) is 42.0 Å². The summed E-state index contributed by atoms with van der Waals surface area (Å²) >= 11 is 0. The Morgan fingerprint density at radius 1 is 1.08 bits per heavy atom. The summed E-state index contributed by atoms with van der Waals surface area (Å²) in [7, 11) is 1.50. The number of hydrogen-bond acceptors (Lipinski definition) is 9. The fourth-order valence-electron chi connectivity index (χ4n) is 5.26. The topological polar surface area (TPSA) is 133 Å². The van der Waals surface area contributed by atoms with E-state index in [1.165, 1.54) is 19.5 Å². The van der Waals surface area contributed by atoms with Crippen molar-refractivity contribution in [1.82, 2.24) is 15.3 Å². The number of rotatable bonds is 3. The maximum Gasteiger partial charge on any atom is 0.415 e. The lowest BCUT2D eigenvalue weighted by atomic mass is 9.66. The van der Waals surface area contributed by atoms with Crippen molar-refractivity contribution < 1.29 is 28.5 Å². The third-order valence-electron chi connectivity index (χ3n) is 7.13. The number of hydrogen-bond donors (Lipinski definition) is 2. The van der Waals surface area contributed by atoms with E-state index in [0.29, 0.717) is 17.2 Å². The van der Waals surface area contributed by atoms with Gasteiger partial charge in [0, 0.05) is 16.7 Å². The predicted molar refractivity (Wildman–Crippen MR) is 134 cm³/mol. The number of amides is 2. The Morgan fingerprint density at radius 3 is 2.41 bits per heavy atom. The van der Waals surface area contributed by atoms with Crippen LogP contribution in [0.3, 0.4) is 0 Å². The maximum atomic E-state index is 12.8. The summed E-state index contributed by atoms with van der Waals surface area (Å²) in [6.07, 6.45) is 3.98. The Labute approximate surface area is 215 Å². The number of benzene rings is 1. The van der Waals surface area contributed by atoms with Gasteiger partial charge in [-0.1, -0.05) is 0 Å². The zero-order chi connectivity index (χ0) is 26.6. The Kier molecular flexibility index (Phi) is 5.58. The Balaban J connectivity index is 1.48. The number of aliphatic imine (C=N–C) groups is 1. The van der Waals surface area contributed by atoms with E-state index in [0.717, 1.165) is 18.4 Å². The number of nitrogens with zero attached hydrogens (tertiary/aromatic N) is 3. The van der Waals surface area contributed by atoms with Gasteiger partial charge in [0.15, 0.2) is 5.75 Å². The van der Waals surface area contributed by atoms with Gasteiger partial charge in [-0.25, -0.2) is 25.1 Å². The SMILES string of the molecule is COc1cnc(C(=O)Nc2ccc3c(c2)[C@@]2(COC(NC(=O)OC(C)(C)C)=N2)C2(CC2)C(C)(C)O3)nc1. The smallest absolute Gasteiger partial charge is 0.415 e. The number of alkyl carbamates (subject to hydrolysis) is 1. The van der Waals surface area contributed by atoms with Crippen molar-refractivity contribution in [3.63, 3.8) is 0 Å². The van der Waals surface area contributed by atoms with E-state index in [1.54, 1.807) is 26.8 Å². The molecule has 0 saturated heterocycles. The number of nitrogens with one attached hydrogen (secondary N) is 2.